The van der Waals surface area contributed by atoms with Gasteiger partial charge in [-0.15, -0.1) is 0 Å². The fourth-order valence-corrected chi connectivity index (χ4v) is 4.58. The van der Waals surface area contributed by atoms with Crippen molar-refractivity contribution < 1.29 is 28.3 Å². The van der Waals surface area contributed by atoms with Gasteiger partial charge in [0.25, 0.3) is 0 Å². The zero-order valence-electron chi connectivity index (χ0n) is 14.4. The average molecular weight is 449 g/mol. The first kappa shape index (κ1) is 25.8. The summed E-state index contributed by atoms with van der Waals surface area (Å²) in [5, 5.41) is 0. The molecule has 0 amide bonds. The monoisotopic (exact) mass is 451 g/mol. The van der Waals surface area contributed by atoms with Crippen LogP contribution in [0.2, 0.25) is 9.62 Å². The first-order chi connectivity index (χ1) is 10.4. The van der Waals surface area contributed by atoms with Crippen LogP contribution in [0, 0.1) is 0 Å². The molecule has 0 aliphatic heterocycles. The summed E-state index contributed by atoms with van der Waals surface area (Å²) < 4.78 is 0. The Labute approximate surface area is 158 Å². The van der Waals surface area contributed by atoms with Gasteiger partial charge in [-0.1, -0.05) is 0 Å². The van der Waals surface area contributed by atoms with Crippen molar-refractivity contribution in [2.45, 2.75) is 101 Å². The molecular weight excluding hydrogens is 415 g/mol. The van der Waals surface area contributed by atoms with Crippen LogP contribution in [0.1, 0.15) is 90.9 Å². The smallest absolute Gasteiger partial charge is 0.160 e. The van der Waals surface area contributed by atoms with Gasteiger partial charge < -0.3 is 27.7 Å². The normalized spacial score (nSPS) is 10.8. The van der Waals surface area contributed by atoms with Gasteiger partial charge in [0, 0.05) is 0 Å². The first-order valence-corrected chi connectivity index (χ1v) is 15.2. The van der Waals surface area contributed by atoms with Crippen LogP contribution in [0.5, 0.6) is 0 Å². The van der Waals surface area contributed by atoms with E-state index in [2.05, 4.69) is 37.9 Å². The molecule has 0 bridgehead atoms. The number of unbranched alkanes of at least 4 members (excludes halogenated alkanes) is 10. The van der Waals surface area contributed by atoms with E-state index in [1.165, 1.54) is 64.2 Å². The summed E-state index contributed by atoms with van der Waals surface area (Å²) in [5.41, 5.74) is -3.72. The Hall–Kier alpha value is 1.61. The molecule has 0 unspecified atom stereocenters. The fraction of sp³-hybridized carbons (Fsp3) is 1.00. The molecule has 22 heavy (non-hydrogen) atoms. The fourth-order valence-electron chi connectivity index (χ4n) is 2.07. The van der Waals surface area contributed by atoms with Crippen LogP contribution in [-0.4, -0.2) is 0 Å². The maximum atomic E-state index is 9.29. The summed E-state index contributed by atoms with van der Waals surface area (Å²) >= 11 is 7.69. The maximum absolute atomic E-state index is 9.29. The van der Waals surface area contributed by atoms with Crippen molar-refractivity contribution in [2.24, 2.45) is 0 Å². The molecule has 0 aromatic rings. The maximum Gasteiger partial charge on any atom is -0.160 e. The Morgan fingerprint density at radius 3 is 1.32 bits per heavy atom. The molecule has 0 aromatic carbocycles. The van der Waals surface area contributed by atoms with E-state index in [4.69, 9.17) is 0 Å². The molecule has 0 saturated carbocycles. The Morgan fingerprint density at radius 1 is 0.727 bits per heavy atom. The molecule has 0 saturated heterocycles. The molecule has 0 heterocycles. The zero-order valence-corrected chi connectivity index (χ0v) is 18.9. The largest absolute Gasteiger partial charge is 0.850 e. The molecule has 0 aliphatic carbocycles. The second kappa shape index (κ2) is 20.7. The van der Waals surface area contributed by atoms with Gasteiger partial charge in [-0.25, -0.2) is 0 Å². The summed E-state index contributed by atoms with van der Waals surface area (Å²) in [7, 11) is 0. The Bertz CT molecular complexity index is 228. The average Bonchev–Trinajstić information content (AvgIpc) is 2.42. The number of hydrogen-bond donors (Lipinski definition) is 0. The molecule has 0 N–H and O–H groups in total. The van der Waals surface area contributed by atoms with Crippen molar-refractivity contribution in [1.29, 1.82) is 0 Å². The summed E-state index contributed by atoms with van der Waals surface area (Å²) in [4.78, 5) is 21.8. The van der Waals surface area contributed by atoms with Crippen molar-refractivity contribution in [3.05, 3.63) is 0 Å². The minimum Gasteiger partial charge on any atom is -0.850 e. The third-order valence-electron chi connectivity index (χ3n) is 3.28. The summed E-state index contributed by atoms with van der Waals surface area (Å²) in [6.07, 6.45) is 17.7. The van der Waals surface area contributed by atoms with E-state index < -0.39 is 5.69 Å². The van der Waals surface area contributed by atoms with E-state index >= 15 is 0 Å². The molecule has 0 radical (unpaired) electrons. The molecular formula is C16H34MoO2PS2. The van der Waals surface area contributed by atoms with Gasteiger partial charge >= 0.3 is 119 Å². The second-order valence-electron chi connectivity index (χ2n) is 5.60. The molecule has 0 spiro atoms. The van der Waals surface area contributed by atoms with Gasteiger partial charge in [0.15, 0.2) is 0 Å². The van der Waals surface area contributed by atoms with Gasteiger partial charge in [-0.3, -0.25) is 0 Å². The summed E-state index contributed by atoms with van der Waals surface area (Å²) in [6, 6.07) is 0. The van der Waals surface area contributed by atoms with Gasteiger partial charge in [-0.05, 0) is 0 Å². The third kappa shape index (κ3) is 37.7. The molecule has 0 rings (SSSR count). The minimum atomic E-state index is -3.72. The molecule has 6 heteroatoms. The van der Waals surface area contributed by atoms with Gasteiger partial charge in [-0.2, -0.15) is 11.8 Å². The Balaban J connectivity index is 0. The second-order valence-corrected chi connectivity index (χ2v) is 13.1. The van der Waals surface area contributed by atoms with Crippen molar-refractivity contribution in [1.82, 2.24) is 0 Å². The number of rotatable bonds is 14. The van der Waals surface area contributed by atoms with Gasteiger partial charge in [0.1, 0.15) is 0 Å². The van der Waals surface area contributed by atoms with Crippen molar-refractivity contribution in [3.63, 3.8) is 0 Å². The zero-order chi connectivity index (χ0) is 17.1. The summed E-state index contributed by atoms with van der Waals surface area (Å²) in [6.45, 7) is 4.60. The standard InChI is InChI=1S/2C8H17.Mo.H3O2PS2/c2*1-3-5-7-8-6-4-2;;1-3(2,4)5/h2*1,3-8H2,2H3;;(H3,1,2,4,5)/q;;+3;/p-3. The molecule has 2 nitrogen and oxygen atoms in total. The Morgan fingerprint density at radius 2 is 1.00 bits per heavy atom. The van der Waals surface area contributed by atoms with E-state index in [0.717, 1.165) is 0 Å². The first-order valence-electron chi connectivity index (χ1n) is 8.72. The van der Waals surface area contributed by atoms with E-state index in [9.17, 15) is 9.79 Å². The number of hydrogen-bond acceptors (Lipinski definition) is 4. The van der Waals surface area contributed by atoms with Crippen LogP contribution >= 0.6 is 5.69 Å². The van der Waals surface area contributed by atoms with Crippen LogP contribution in [0.4, 0.5) is 0 Å². The predicted molar refractivity (Wildman–Crippen MR) is 98.0 cm³/mol. The molecule has 0 aromatic heterocycles. The predicted octanol–water partition coefficient (Wildman–Crippen LogP) is 5.10. The van der Waals surface area contributed by atoms with Gasteiger partial charge in [0.2, 0.25) is 0 Å². The van der Waals surface area contributed by atoms with Crippen LogP contribution in [0.3, 0.4) is 0 Å². The minimum absolute atomic E-state index is 0.406. The van der Waals surface area contributed by atoms with Crippen LogP contribution in [-0.2, 0) is 42.6 Å². The van der Waals surface area contributed by atoms with Crippen LogP contribution in [0.25, 0.3) is 0 Å². The van der Waals surface area contributed by atoms with Crippen LogP contribution < -0.4 is 9.79 Å². The van der Waals surface area contributed by atoms with E-state index in [1.807, 2.05) is 0 Å². The van der Waals surface area contributed by atoms with E-state index in [1.54, 1.807) is 22.5 Å². The quantitative estimate of drug-likeness (QED) is 0.160. The third-order valence-corrected chi connectivity index (χ3v) is 6.12. The molecule has 0 atom stereocenters. The Kier molecular flexibility index (Phi) is 24.3. The SMILES string of the molecule is CCCCCCC[CH2][Mo+3][CH2]CCCCCCC.[O-]P([O-])(=S)[S-]. The molecule has 0 fully saturated rings. The van der Waals surface area contributed by atoms with Gasteiger partial charge in [0.05, 0.1) is 0 Å². The summed E-state index contributed by atoms with van der Waals surface area (Å²) in [5.74, 6) is 0. The van der Waals surface area contributed by atoms with Crippen molar-refractivity contribution in [3.8, 4) is 0 Å². The topological polar surface area (TPSA) is 46.1 Å². The van der Waals surface area contributed by atoms with Crippen LogP contribution in [0.15, 0.2) is 0 Å². The van der Waals surface area contributed by atoms with Crippen molar-refractivity contribution in [2.75, 3.05) is 0 Å². The molecule has 0 aliphatic rings. The van der Waals surface area contributed by atoms with E-state index in [0.29, 0.717) is 18.6 Å². The van der Waals surface area contributed by atoms with Crippen molar-refractivity contribution >= 4 is 29.7 Å². The molecule has 133 valence electrons. The van der Waals surface area contributed by atoms with E-state index in [-0.39, 0.29) is 0 Å².